The van der Waals surface area contributed by atoms with Gasteiger partial charge in [-0.15, -0.1) is 0 Å². The number of esters is 1. The van der Waals surface area contributed by atoms with Crippen molar-refractivity contribution in [2.75, 3.05) is 0 Å². The first-order chi connectivity index (χ1) is 12.0. The highest BCUT2D eigenvalue weighted by Crippen LogP contribution is 2.60. The third-order valence-corrected chi connectivity index (χ3v) is 7.46. The molecule has 0 aromatic heterocycles. The van der Waals surface area contributed by atoms with Crippen LogP contribution >= 0.6 is 0 Å². The molecule has 3 aliphatic rings. The van der Waals surface area contributed by atoms with Crippen LogP contribution < -0.4 is 0 Å². The van der Waals surface area contributed by atoms with Gasteiger partial charge in [0.15, 0.2) is 5.78 Å². The third-order valence-electron chi connectivity index (χ3n) is 7.46. The van der Waals surface area contributed by atoms with Crippen molar-refractivity contribution in [2.24, 2.45) is 23.2 Å². The Morgan fingerprint density at radius 1 is 1.35 bits per heavy atom. The summed E-state index contributed by atoms with van der Waals surface area (Å²) >= 11 is 0. The molecular weight excluding hydrogens is 328 g/mol. The third kappa shape index (κ3) is 2.77. The van der Waals surface area contributed by atoms with Gasteiger partial charge in [0.1, 0.15) is 6.10 Å². The molecule has 3 aliphatic carbocycles. The van der Waals surface area contributed by atoms with Gasteiger partial charge in [-0.05, 0) is 38.2 Å². The largest absolute Gasteiger partial charge is 0.462 e. The maximum absolute atomic E-state index is 12.4. The van der Waals surface area contributed by atoms with Gasteiger partial charge in [0.25, 0.3) is 0 Å². The lowest BCUT2D eigenvalue weighted by Gasteiger charge is -2.43. The van der Waals surface area contributed by atoms with E-state index < -0.39 is 5.60 Å². The summed E-state index contributed by atoms with van der Waals surface area (Å²) in [6.45, 7) is 11.7. The number of allylic oxidation sites excluding steroid dienone is 4. The Labute approximate surface area is 156 Å². The van der Waals surface area contributed by atoms with E-state index in [2.05, 4.69) is 19.9 Å². The number of ether oxygens (including phenoxy) is 1. The van der Waals surface area contributed by atoms with Crippen LogP contribution in [-0.4, -0.2) is 28.6 Å². The minimum absolute atomic E-state index is 0.00810. The number of hydrogen-bond donors (Lipinski definition) is 1. The number of carbonyl (C=O) groups is 2. The Balaban J connectivity index is 2.13. The fourth-order valence-corrected chi connectivity index (χ4v) is 5.64. The number of carbonyl (C=O) groups excluding carboxylic acids is 2. The summed E-state index contributed by atoms with van der Waals surface area (Å²) < 4.78 is 5.74. The summed E-state index contributed by atoms with van der Waals surface area (Å²) in [5.41, 5.74) is 2.03. The van der Waals surface area contributed by atoms with E-state index in [-0.39, 0.29) is 41.0 Å². The van der Waals surface area contributed by atoms with Crippen molar-refractivity contribution in [3.8, 4) is 0 Å². The summed E-state index contributed by atoms with van der Waals surface area (Å²) in [4.78, 5) is 24.1. The Hall–Kier alpha value is -1.42. The van der Waals surface area contributed by atoms with Crippen molar-refractivity contribution in [1.29, 1.82) is 0 Å². The van der Waals surface area contributed by atoms with Crippen LogP contribution in [0.3, 0.4) is 0 Å². The van der Waals surface area contributed by atoms with Gasteiger partial charge in [-0.3, -0.25) is 9.59 Å². The Bertz CT molecular complexity index is 701. The van der Waals surface area contributed by atoms with E-state index >= 15 is 0 Å². The molecule has 3 rings (SSSR count). The van der Waals surface area contributed by atoms with Crippen LogP contribution in [-0.2, 0) is 14.3 Å². The number of hydrogen-bond acceptors (Lipinski definition) is 4. The minimum atomic E-state index is -0.879. The molecule has 0 spiro atoms. The van der Waals surface area contributed by atoms with Crippen LogP contribution in [0.5, 0.6) is 0 Å². The molecule has 26 heavy (non-hydrogen) atoms. The normalized spacial score (nSPS) is 42.1. The zero-order valence-corrected chi connectivity index (χ0v) is 16.9. The van der Waals surface area contributed by atoms with Crippen molar-refractivity contribution < 1.29 is 19.4 Å². The fraction of sp³-hybridized carbons (Fsp3) is 0.727. The Kier molecular flexibility index (Phi) is 4.71. The molecule has 0 saturated heterocycles. The number of aliphatic hydroxyl groups is 1. The van der Waals surface area contributed by atoms with Crippen LogP contribution in [0.15, 0.2) is 22.8 Å². The van der Waals surface area contributed by atoms with Crippen LogP contribution in [0, 0.1) is 23.2 Å². The average Bonchev–Trinajstić information content (AvgIpc) is 2.91. The van der Waals surface area contributed by atoms with E-state index in [9.17, 15) is 14.7 Å². The monoisotopic (exact) mass is 360 g/mol. The molecule has 1 saturated carbocycles. The zero-order valence-electron chi connectivity index (χ0n) is 16.9. The van der Waals surface area contributed by atoms with Gasteiger partial charge in [0.2, 0.25) is 0 Å². The molecule has 4 nitrogen and oxygen atoms in total. The molecule has 0 amide bonds. The van der Waals surface area contributed by atoms with E-state index in [1.165, 1.54) is 18.1 Å². The summed E-state index contributed by atoms with van der Waals surface area (Å²) in [5, 5.41) is 11.6. The second-order valence-electron chi connectivity index (χ2n) is 9.20. The van der Waals surface area contributed by atoms with Gasteiger partial charge in [-0.25, -0.2) is 0 Å². The highest BCUT2D eigenvalue weighted by Gasteiger charge is 2.62. The predicted octanol–water partition coefficient (Wildman–Crippen LogP) is 3.98. The molecule has 0 aliphatic heterocycles. The molecule has 4 heteroatoms. The van der Waals surface area contributed by atoms with Crippen LogP contribution in [0.25, 0.3) is 0 Å². The maximum atomic E-state index is 12.4. The second-order valence-corrected chi connectivity index (χ2v) is 9.20. The van der Waals surface area contributed by atoms with Crippen molar-refractivity contribution in [3.63, 3.8) is 0 Å². The van der Waals surface area contributed by atoms with Gasteiger partial charge in [-0.1, -0.05) is 38.0 Å². The van der Waals surface area contributed by atoms with E-state index in [4.69, 9.17) is 4.74 Å². The van der Waals surface area contributed by atoms with Crippen molar-refractivity contribution in [1.82, 2.24) is 0 Å². The Morgan fingerprint density at radius 3 is 2.58 bits per heavy atom. The first kappa shape index (κ1) is 19.3. The van der Waals surface area contributed by atoms with Gasteiger partial charge in [0, 0.05) is 37.0 Å². The molecule has 5 atom stereocenters. The molecule has 2 unspecified atom stereocenters. The summed E-state index contributed by atoms with van der Waals surface area (Å²) in [6.07, 6.45) is 4.35. The molecule has 0 aromatic carbocycles. The van der Waals surface area contributed by atoms with Crippen molar-refractivity contribution >= 4 is 11.8 Å². The Morgan fingerprint density at radius 2 is 2.00 bits per heavy atom. The SMILES string of the molecule is CC(=O)O[C@H]1C[C@@](O)(C(C)C)C2C/C=C(/C)C3CC(=O)C(C)=C3C[C@@]21C. The molecule has 0 heterocycles. The standard InChI is InChI=1S/C22H32O4/c1-12(2)22(25)11-20(26-15(5)23)21(6)10-17-14(4)18(24)9-16(17)13(3)7-8-19(21)22/h7,12,16,19-20,25H,8-11H2,1-6H3/b13-7-/t16?,19?,20-,21-,22+/m0/s1. The number of fused-ring (bicyclic) bond motifs is 2. The number of ketones is 1. The van der Waals surface area contributed by atoms with Crippen molar-refractivity contribution in [3.05, 3.63) is 22.8 Å². The van der Waals surface area contributed by atoms with Gasteiger partial charge in [-0.2, -0.15) is 0 Å². The quantitative estimate of drug-likeness (QED) is 0.598. The zero-order chi connectivity index (χ0) is 19.4. The van der Waals surface area contributed by atoms with Crippen LogP contribution in [0.4, 0.5) is 0 Å². The van der Waals surface area contributed by atoms with Gasteiger partial charge in [0.05, 0.1) is 5.60 Å². The average molecular weight is 360 g/mol. The molecular formula is C22H32O4. The van der Waals surface area contributed by atoms with E-state index in [1.807, 2.05) is 20.8 Å². The van der Waals surface area contributed by atoms with Gasteiger partial charge < -0.3 is 9.84 Å². The lowest BCUT2D eigenvalue weighted by molar-refractivity contribution is -0.152. The molecule has 1 N–H and O–H groups in total. The van der Waals surface area contributed by atoms with Crippen molar-refractivity contribution in [2.45, 2.75) is 78.9 Å². The van der Waals surface area contributed by atoms with Crippen LogP contribution in [0.2, 0.25) is 0 Å². The topological polar surface area (TPSA) is 63.6 Å². The molecule has 0 radical (unpaired) electrons. The highest BCUT2D eigenvalue weighted by molar-refractivity contribution is 5.99. The molecule has 0 bridgehead atoms. The van der Waals surface area contributed by atoms with E-state index in [1.54, 1.807) is 0 Å². The predicted molar refractivity (Wildman–Crippen MR) is 100 cm³/mol. The van der Waals surface area contributed by atoms with E-state index in [0.717, 1.165) is 12.0 Å². The summed E-state index contributed by atoms with van der Waals surface area (Å²) in [6, 6.07) is 0. The lowest BCUT2D eigenvalue weighted by Crippen LogP contribution is -2.44. The second kappa shape index (κ2) is 6.33. The lowest BCUT2D eigenvalue weighted by atomic mass is 9.64. The fourth-order valence-electron chi connectivity index (χ4n) is 5.64. The molecule has 1 fully saturated rings. The van der Waals surface area contributed by atoms with Crippen LogP contribution in [0.1, 0.15) is 67.2 Å². The van der Waals surface area contributed by atoms with Gasteiger partial charge >= 0.3 is 5.97 Å². The molecule has 0 aromatic rings. The maximum Gasteiger partial charge on any atom is 0.302 e. The molecule has 144 valence electrons. The van der Waals surface area contributed by atoms with E-state index in [0.29, 0.717) is 19.3 Å². The summed E-state index contributed by atoms with van der Waals surface area (Å²) in [5.74, 6) is 0.149. The number of Topliss-reactive ketones (excluding diaryl/α,β-unsaturated/α-hetero) is 1. The minimum Gasteiger partial charge on any atom is -0.462 e. The summed E-state index contributed by atoms with van der Waals surface area (Å²) in [7, 11) is 0. The first-order valence-corrected chi connectivity index (χ1v) is 9.79. The smallest absolute Gasteiger partial charge is 0.302 e. The first-order valence-electron chi connectivity index (χ1n) is 9.79. The number of rotatable bonds is 2. The highest BCUT2D eigenvalue weighted by atomic mass is 16.5.